The predicted octanol–water partition coefficient (Wildman–Crippen LogP) is 3.16. The van der Waals surface area contributed by atoms with E-state index in [0.717, 1.165) is 17.6 Å². The summed E-state index contributed by atoms with van der Waals surface area (Å²) in [6.45, 7) is 0.320. The molecule has 106 valence electrons. The summed E-state index contributed by atoms with van der Waals surface area (Å²) in [6, 6.07) is 7.12. The molecule has 0 spiro atoms. The molecule has 21 heavy (non-hydrogen) atoms. The summed E-state index contributed by atoms with van der Waals surface area (Å²) in [4.78, 5) is 8.23. The molecule has 0 aliphatic heterocycles. The zero-order chi connectivity index (χ0) is 14.7. The number of rotatable bonds is 4. The van der Waals surface area contributed by atoms with Crippen molar-refractivity contribution in [3.05, 3.63) is 72.4 Å². The van der Waals surface area contributed by atoms with E-state index < -0.39 is 11.6 Å². The molecule has 0 saturated carbocycles. The quantitative estimate of drug-likeness (QED) is 0.801. The summed E-state index contributed by atoms with van der Waals surface area (Å²) in [5.41, 5.74) is 1.30. The molecule has 1 N–H and O–H groups in total. The number of halogens is 2. The Hall–Kier alpha value is -2.76. The summed E-state index contributed by atoms with van der Waals surface area (Å²) >= 11 is 0. The third-order valence-electron chi connectivity index (χ3n) is 2.94. The smallest absolute Gasteiger partial charge is 0.137 e. The van der Waals surface area contributed by atoms with E-state index in [-0.39, 0.29) is 0 Å². The van der Waals surface area contributed by atoms with E-state index in [1.54, 1.807) is 29.5 Å². The Kier molecular flexibility index (Phi) is 3.59. The van der Waals surface area contributed by atoms with E-state index in [1.807, 2.05) is 12.1 Å². The minimum absolute atomic E-state index is 0.320. The molecule has 0 fully saturated rings. The van der Waals surface area contributed by atoms with Crippen LogP contribution in [0.25, 0.3) is 5.82 Å². The number of nitrogens with one attached hydrogen (secondary N) is 1. The van der Waals surface area contributed by atoms with Gasteiger partial charge in [0, 0.05) is 25.0 Å². The van der Waals surface area contributed by atoms with E-state index in [0.29, 0.717) is 12.1 Å². The Morgan fingerprint density at radius 3 is 2.52 bits per heavy atom. The van der Waals surface area contributed by atoms with Gasteiger partial charge in [-0.3, -0.25) is 4.57 Å². The summed E-state index contributed by atoms with van der Waals surface area (Å²) in [5, 5.41) is 3.07. The first-order valence-corrected chi connectivity index (χ1v) is 6.34. The highest BCUT2D eigenvalue weighted by Gasteiger charge is 2.02. The van der Waals surface area contributed by atoms with Crippen LogP contribution in [0.4, 0.5) is 14.5 Å². The van der Waals surface area contributed by atoms with E-state index in [2.05, 4.69) is 15.3 Å². The van der Waals surface area contributed by atoms with Crippen LogP contribution in [0.15, 0.2) is 55.2 Å². The number of benzene rings is 1. The molecule has 0 unspecified atom stereocenters. The Morgan fingerprint density at radius 2 is 1.90 bits per heavy atom. The lowest BCUT2D eigenvalue weighted by Gasteiger charge is -2.08. The van der Waals surface area contributed by atoms with Gasteiger partial charge in [-0.25, -0.2) is 18.7 Å². The average molecular weight is 286 g/mol. The lowest BCUT2D eigenvalue weighted by atomic mass is 10.2. The fourth-order valence-corrected chi connectivity index (χ4v) is 1.96. The van der Waals surface area contributed by atoms with Crippen molar-refractivity contribution in [2.45, 2.75) is 6.54 Å². The van der Waals surface area contributed by atoms with Crippen molar-refractivity contribution in [3.8, 4) is 5.82 Å². The van der Waals surface area contributed by atoms with Gasteiger partial charge in [-0.15, -0.1) is 0 Å². The van der Waals surface area contributed by atoms with Crippen LogP contribution in [0.3, 0.4) is 0 Å². The molecular weight excluding hydrogens is 274 g/mol. The molecule has 3 aromatic rings. The number of hydrogen-bond donors (Lipinski definition) is 1. The van der Waals surface area contributed by atoms with E-state index in [4.69, 9.17) is 0 Å². The molecule has 2 aromatic heterocycles. The van der Waals surface area contributed by atoms with Gasteiger partial charge in [0.2, 0.25) is 0 Å². The molecule has 0 aliphatic rings. The van der Waals surface area contributed by atoms with Gasteiger partial charge in [0.1, 0.15) is 23.8 Å². The van der Waals surface area contributed by atoms with Crippen LogP contribution in [-0.2, 0) is 6.54 Å². The summed E-state index contributed by atoms with van der Waals surface area (Å²) in [6.07, 6.45) is 6.78. The topological polar surface area (TPSA) is 42.7 Å². The normalized spacial score (nSPS) is 10.6. The summed E-state index contributed by atoms with van der Waals surface area (Å²) in [5.74, 6) is -0.421. The van der Waals surface area contributed by atoms with E-state index in [1.165, 1.54) is 12.1 Å². The molecule has 0 saturated heterocycles. The van der Waals surface area contributed by atoms with Gasteiger partial charge in [0.25, 0.3) is 0 Å². The maximum atomic E-state index is 13.1. The number of nitrogens with zero attached hydrogens (tertiary/aromatic N) is 3. The third kappa shape index (κ3) is 3.22. The van der Waals surface area contributed by atoms with Gasteiger partial charge in [-0.1, -0.05) is 0 Å². The van der Waals surface area contributed by atoms with Crippen LogP contribution in [0.5, 0.6) is 0 Å². The molecular formula is C15H12F2N4. The Morgan fingerprint density at radius 1 is 1.10 bits per heavy atom. The predicted molar refractivity (Wildman–Crippen MR) is 75.0 cm³/mol. The van der Waals surface area contributed by atoms with Crippen molar-refractivity contribution in [2.75, 3.05) is 5.32 Å². The number of hydrogen-bond acceptors (Lipinski definition) is 3. The van der Waals surface area contributed by atoms with Gasteiger partial charge in [-0.05, 0) is 29.8 Å². The molecule has 0 radical (unpaired) electrons. The molecule has 0 amide bonds. The SMILES string of the molecule is Fc1cc(F)cc(CNc2ccc(-n3ccnc3)nc2)c1. The number of pyridine rings is 1. The van der Waals surface area contributed by atoms with Gasteiger partial charge in [-0.2, -0.15) is 0 Å². The molecule has 2 heterocycles. The molecule has 3 rings (SSSR count). The van der Waals surface area contributed by atoms with Crippen molar-refractivity contribution >= 4 is 5.69 Å². The Labute approximate surface area is 120 Å². The van der Waals surface area contributed by atoms with Crippen molar-refractivity contribution in [2.24, 2.45) is 0 Å². The maximum absolute atomic E-state index is 13.1. The van der Waals surface area contributed by atoms with Crippen LogP contribution < -0.4 is 5.32 Å². The average Bonchev–Trinajstić information content (AvgIpc) is 2.99. The highest BCUT2D eigenvalue weighted by molar-refractivity contribution is 5.44. The second-order valence-corrected chi connectivity index (χ2v) is 4.51. The number of imidazole rings is 1. The van der Waals surface area contributed by atoms with Crippen LogP contribution in [0.2, 0.25) is 0 Å². The lowest BCUT2D eigenvalue weighted by Crippen LogP contribution is -2.02. The second-order valence-electron chi connectivity index (χ2n) is 4.51. The fourth-order valence-electron chi connectivity index (χ4n) is 1.96. The van der Waals surface area contributed by atoms with Gasteiger partial charge in [0.15, 0.2) is 0 Å². The standard InChI is InChI=1S/C15H12F2N4/c16-12-5-11(6-13(17)7-12)8-19-14-1-2-15(20-9-14)21-4-3-18-10-21/h1-7,9-10,19H,8H2. The lowest BCUT2D eigenvalue weighted by molar-refractivity contribution is 0.580. The van der Waals surface area contributed by atoms with Gasteiger partial charge >= 0.3 is 0 Å². The van der Waals surface area contributed by atoms with Crippen molar-refractivity contribution in [1.29, 1.82) is 0 Å². The van der Waals surface area contributed by atoms with Crippen LogP contribution >= 0.6 is 0 Å². The second kappa shape index (κ2) is 5.70. The Bertz CT molecular complexity index is 704. The van der Waals surface area contributed by atoms with Gasteiger partial charge in [0.05, 0.1) is 11.9 Å². The first kappa shape index (κ1) is 13.2. The third-order valence-corrected chi connectivity index (χ3v) is 2.94. The first-order valence-electron chi connectivity index (χ1n) is 6.34. The summed E-state index contributed by atoms with van der Waals surface area (Å²) < 4.78 is 27.9. The monoisotopic (exact) mass is 286 g/mol. The number of aromatic nitrogens is 3. The van der Waals surface area contributed by atoms with E-state index >= 15 is 0 Å². The maximum Gasteiger partial charge on any atom is 0.137 e. The fraction of sp³-hybridized carbons (Fsp3) is 0.0667. The highest BCUT2D eigenvalue weighted by Crippen LogP contribution is 2.13. The molecule has 0 bridgehead atoms. The molecule has 1 aromatic carbocycles. The zero-order valence-electron chi connectivity index (χ0n) is 11.0. The highest BCUT2D eigenvalue weighted by atomic mass is 19.1. The zero-order valence-corrected chi connectivity index (χ0v) is 11.0. The van der Waals surface area contributed by atoms with Gasteiger partial charge < -0.3 is 5.32 Å². The minimum atomic E-state index is -0.583. The Balaban J connectivity index is 1.68. The molecule has 4 nitrogen and oxygen atoms in total. The molecule has 0 aliphatic carbocycles. The van der Waals surface area contributed by atoms with Crippen LogP contribution in [0.1, 0.15) is 5.56 Å². The van der Waals surface area contributed by atoms with E-state index in [9.17, 15) is 8.78 Å². The van der Waals surface area contributed by atoms with Crippen LogP contribution in [-0.4, -0.2) is 14.5 Å². The van der Waals surface area contributed by atoms with Crippen LogP contribution in [0, 0.1) is 11.6 Å². The van der Waals surface area contributed by atoms with Crippen molar-refractivity contribution < 1.29 is 8.78 Å². The molecule has 6 heteroatoms. The van der Waals surface area contributed by atoms with Crippen molar-refractivity contribution in [3.63, 3.8) is 0 Å². The number of anilines is 1. The molecule has 0 atom stereocenters. The summed E-state index contributed by atoms with van der Waals surface area (Å²) in [7, 11) is 0. The first-order chi connectivity index (χ1) is 10.2. The van der Waals surface area contributed by atoms with Crippen molar-refractivity contribution in [1.82, 2.24) is 14.5 Å². The minimum Gasteiger partial charge on any atom is -0.380 e. The largest absolute Gasteiger partial charge is 0.380 e.